The van der Waals surface area contributed by atoms with Gasteiger partial charge >= 0.3 is 0 Å². The molecule has 160 valence electrons. The van der Waals surface area contributed by atoms with Gasteiger partial charge in [-0.1, -0.05) is 68.4 Å². The molecule has 0 unspecified atom stereocenters. The van der Waals surface area contributed by atoms with Crippen molar-refractivity contribution in [2.75, 3.05) is 4.90 Å². The number of anilines is 3. The van der Waals surface area contributed by atoms with Crippen LogP contribution in [0.15, 0.2) is 97.2 Å². The third kappa shape index (κ3) is 2.99. The van der Waals surface area contributed by atoms with E-state index in [0.29, 0.717) is 5.52 Å². The summed E-state index contributed by atoms with van der Waals surface area (Å²) < 4.78 is 0. The van der Waals surface area contributed by atoms with Gasteiger partial charge in [0.25, 0.3) is 0 Å². The maximum Gasteiger partial charge on any atom is 0.141 e. The van der Waals surface area contributed by atoms with Gasteiger partial charge in [0, 0.05) is 22.6 Å². The van der Waals surface area contributed by atoms with Crippen molar-refractivity contribution in [1.82, 2.24) is 9.97 Å². The number of phenolic OH excluding ortho intramolecular Hbond substituents is 1. The maximum atomic E-state index is 10.3. The summed E-state index contributed by atoms with van der Waals surface area (Å²) in [5.41, 5.74) is 7.00. The minimum atomic E-state index is -0.162. The van der Waals surface area contributed by atoms with E-state index in [0.717, 1.165) is 33.8 Å². The first-order valence-electron chi connectivity index (χ1n) is 11.1. The van der Waals surface area contributed by atoms with Gasteiger partial charge in [0.05, 0.1) is 17.1 Å². The number of aromatic nitrogens is 2. The summed E-state index contributed by atoms with van der Waals surface area (Å²) in [6.07, 6.45) is 1.83. The molecule has 0 spiro atoms. The highest BCUT2D eigenvalue weighted by Crippen LogP contribution is 2.52. The van der Waals surface area contributed by atoms with Crippen molar-refractivity contribution < 1.29 is 5.11 Å². The first-order valence-corrected chi connectivity index (χ1v) is 11.1. The van der Waals surface area contributed by atoms with Crippen LogP contribution in [0.1, 0.15) is 25.0 Å². The largest absolute Gasteiger partial charge is 0.506 e. The van der Waals surface area contributed by atoms with E-state index < -0.39 is 0 Å². The summed E-state index contributed by atoms with van der Waals surface area (Å²) in [6, 6.07) is 30.5. The molecule has 5 aromatic rings. The molecule has 3 aromatic carbocycles. The summed E-state index contributed by atoms with van der Waals surface area (Å²) in [4.78, 5) is 11.7. The Hall–Kier alpha value is -4.18. The summed E-state index contributed by atoms with van der Waals surface area (Å²) in [5.74, 6) is 1.07. The van der Waals surface area contributed by atoms with Crippen LogP contribution >= 0.6 is 0 Å². The van der Waals surface area contributed by atoms with Crippen LogP contribution in [-0.4, -0.2) is 15.1 Å². The number of aromatic hydroxyl groups is 1. The van der Waals surface area contributed by atoms with Gasteiger partial charge in [0.1, 0.15) is 17.1 Å². The van der Waals surface area contributed by atoms with Crippen LogP contribution in [0.25, 0.3) is 22.2 Å². The van der Waals surface area contributed by atoms with Crippen LogP contribution < -0.4 is 4.90 Å². The predicted molar refractivity (Wildman–Crippen MR) is 133 cm³/mol. The van der Waals surface area contributed by atoms with E-state index >= 15 is 0 Å². The molecule has 4 nitrogen and oxygen atoms in total. The van der Waals surface area contributed by atoms with Crippen molar-refractivity contribution >= 4 is 28.1 Å². The number of para-hydroxylation sites is 2. The van der Waals surface area contributed by atoms with E-state index in [1.165, 1.54) is 11.1 Å². The number of hydrogen-bond donors (Lipinski definition) is 1. The fraction of sp³-hybridized carbons (Fsp3) is 0.103. The molecular formula is C29H23N3O. The zero-order valence-corrected chi connectivity index (χ0v) is 18.5. The zero-order chi connectivity index (χ0) is 22.6. The Kier molecular flexibility index (Phi) is 4.24. The Morgan fingerprint density at radius 2 is 1.58 bits per heavy atom. The number of fused-ring (bicyclic) bond motifs is 3. The molecule has 4 heteroatoms. The highest BCUT2D eigenvalue weighted by atomic mass is 16.3. The normalized spacial score (nSPS) is 14.1. The molecule has 0 saturated heterocycles. The van der Waals surface area contributed by atoms with Crippen LogP contribution in [0.4, 0.5) is 17.2 Å². The monoisotopic (exact) mass is 429 g/mol. The topological polar surface area (TPSA) is 49.2 Å². The molecular weight excluding hydrogens is 406 g/mol. The molecule has 3 heterocycles. The zero-order valence-electron chi connectivity index (χ0n) is 18.5. The molecule has 0 atom stereocenters. The fourth-order valence-electron chi connectivity index (χ4n) is 4.90. The number of benzene rings is 3. The lowest BCUT2D eigenvalue weighted by atomic mass is 9.73. The molecule has 6 rings (SSSR count). The molecule has 1 aliphatic rings. The number of hydrogen-bond acceptors (Lipinski definition) is 4. The lowest BCUT2D eigenvalue weighted by molar-refractivity contribution is 0.480. The lowest BCUT2D eigenvalue weighted by Crippen LogP contribution is -2.30. The van der Waals surface area contributed by atoms with Gasteiger partial charge in [-0.3, -0.25) is 4.90 Å². The molecule has 0 fully saturated rings. The lowest BCUT2D eigenvalue weighted by Gasteiger charge is -2.41. The van der Waals surface area contributed by atoms with Crippen molar-refractivity contribution in [2.24, 2.45) is 0 Å². The second-order valence-electron chi connectivity index (χ2n) is 8.94. The van der Waals surface area contributed by atoms with Gasteiger partial charge in [-0.25, -0.2) is 9.97 Å². The molecule has 0 radical (unpaired) electrons. The highest BCUT2D eigenvalue weighted by Gasteiger charge is 2.37. The van der Waals surface area contributed by atoms with Crippen LogP contribution in [0.3, 0.4) is 0 Å². The van der Waals surface area contributed by atoms with Crippen LogP contribution in [0.5, 0.6) is 5.75 Å². The van der Waals surface area contributed by atoms with E-state index in [1.54, 1.807) is 6.07 Å². The first kappa shape index (κ1) is 19.5. The van der Waals surface area contributed by atoms with E-state index in [4.69, 9.17) is 4.98 Å². The van der Waals surface area contributed by atoms with Crippen molar-refractivity contribution in [3.05, 3.63) is 108 Å². The smallest absolute Gasteiger partial charge is 0.141 e. The number of rotatable bonds is 2. The molecule has 0 saturated carbocycles. The van der Waals surface area contributed by atoms with Crippen molar-refractivity contribution in [1.29, 1.82) is 0 Å². The second kappa shape index (κ2) is 7.17. The fourth-order valence-corrected chi connectivity index (χ4v) is 4.90. The Morgan fingerprint density at radius 1 is 0.758 bits per heavy atom. The van der Waals surface area contributed by atoms with Crippen LogP contribution in [0.2, 0.25) is 0 Å². The molecule has 1 N–H and O–H groups in total. The molecule has 0 bridgehead atoms. The first-order chi connectivity index (χ1) is 16.0. The Labute approximate surface area is 192 Å². The third-order valence-corrected chi connectivity index (χ3v) is 6.60. The number of phenols is 1. The standard InChI is InChI=1S/C29H23N3O/c1-29(2)21-9-3-4-10-24(21)32(27-12-5-6-17-30-27)25-18-20(13-15-22(25)29)23-16-14-19-8-7-11-26(33)28(19)31-23/h3-18,33H,1-2H3. The minimum absolute atomic E-state index is 0.162. The van der Waals surface area contributed by atoms with Gasteiger partial charge < -0.3 is 5.11 Å². The van der Waals surface area contributed by atoms with E-state index in [9.17, 15) is 5.11 Å². The molecule has 0 amide bonds. The van der Waals surface area contributed by atoms with Gasteiger partial charge in [-0.15, -0.1) is 0 Å². The quantitative estimate of drug-likeness (QED) is 0.325. The summed E-state index contributed by atoms with van der Waals surface area (Å²) >= 11 is 0. The summed E-state index contributed by atoms with van der Waals surface area (Å²) in [6.45, 7) is 4.54. The molecule has 1 aliphatic heterocycles. The minimum Gasteiger partial charge on any atom is -0.506 e. The predicted octanol–water partition coefficient (Wildman–Crippen LogP) is 7.11. The van der Waals surface area contributed by atoms with Crippen molar-refractivity contribution in [3.63, 3.8) is 0 Å². The van der Waals surface area contributed by atoms with Crippen LogP contribution in [0, 0.1) is 0 Å². The Balaban J connectivity index is 1.59. The van der Waals surface area contributed by atoms with E-state index in [2.05, 4.69) is 66.2 Å². The van der Waals surface area contributed by atoms with Gasteiger partial charge in [-0.05, 0) is 47.5 Å². The summed E-state index contributed by atoms with van der Waals surface area (Å²) in [5, 5.41) is 11.2. The van der Waals surface area contributed by atoms with Crippen molar-refractivity contribution in [2.45, 2.75) is 19.3 Å². The third-order valence-electron chi connectivity index (χ3n) is 6.60. The van der Waals surface area contributed by atoms with Gasteiger partial charge in [0.2, 0.25) is 0 Å². The highest BCUT2D eigenvalue weighted by molar-refractivity contribution is 5.89. The second-order valence-corrected chi connectivity index (χ2v) is 8.94. The van der Waals surface area contributed by atoms with E-state index in [-0.39, 0.29) is 11.2 Å². The Morgan fingerprint density at radius 3 is 2.42 bits per heavy atom. The van der Waals surface area contributed by atoms with Gasteiger partial charge in [-0.2, -0.15) is 0 Å². The Bertz CT molecular complexity index is 1510. The number of pyridine rings is 2. The summed E-state index contributed by atoms with van der Waals surface area (Å²) in [7, 11) is 0. The molecule has 0 aliphatic carbocycles. The average Bonchev–Trinajstić information content (AvgIpc) is 2.85. The van der Waals surface area contributed by atoms with Crippen LogP contribution in [-0.2, 0) is 5.41 Å². The van der Waals surface area contributed by atoms with Gasteiger partial charge in [0.15, 0.2) is 0 Å². The van der Waals surface area contributed by atoms with Crippen molar-refractivity contribution in [3.8, 4) is 17.0 Å². The molecule has 2 aromatic heterocycles. The SMILES string of the molecule is CC1(C)c2ccccc2N(c2ccccn2)c2cc(-c3ccc4cccc(O)c4n3)ccc21. The van der Waals surface area contributed by atoms with E-state index in [1.807, 2.05) is 48.7 Å². The average molecular weight is 430 g/mol. The maximum absolute atomic E-state index is 10.3. The number of nitrogens with zero attached hydrogens (tertiary/aromatic N) is 3. The molecule has 33 heavy (non-hydrogen) atoms.